The average molecular weight is 295 g/mol. The fourth-order valence-electron chi connectivity index (χ4n) is 2.39. The number of halogens is 1. The number of carbonyl (C=O) groups is 3. The Labute approximate surface area is 122 Å². The van der Waals surface area contributed by atoms with Crippen molar-refractivity contribution in [2.24, 2.45) is 5.92 Å². The molecule has 1 aromatic rings. The summed E-state index contributed by atoms with van der Waals surface area (Å²) in [5, 5.41) is 0.503. The molecule has 1 unspecified atom stereocenters. The fraction of sp³-hybridized carbons (Fsp3) is 0.357. The van der Waals surface area contributed by atoms with Gasteiger partial charge in [0.15, 0.2) is 0 Å². The summed E-state index contributed by atoms with van der Waals surface area (Å²) in [7, 11) is 2.75. The standard InChI is InChI=1S/C14H15ClN2O3/c1-8(9-6-4-5-7-10(9)15)11-12(18)16(2)14(20)17(3)13(11)19/h4-8,11H,1-3H3. The molecule has 0 aliphatic carbocycles. The van der Waals surface area contributed by atoms with E-state index in [0.717, 1.165) is 15.4 Å². The zero-order valence-electron chi connectivity index (χ0n) is 11.5. The van der Waals surface area contributed by atoms with Gasteiger partial charge in [0.1, 0.15) is 5.92 Å². The number of nitrogens with zero attached hydrogens (tertiary/aromatic N) is 2. The molecule has 0 aromatic heterocycles. The Kier molecular flexibility index (Phi) is 3.81. The maximum absolute atomic E-state index is 12.2. The lowest BCUT2D eigenvalue weighted by atomic mass is 9.84. The molecule has 4 amide bonds. The Bertz CT molecular complexity index is 564. The van der Waals surface area contributed by atoms with E-state index in [0.29, 0.717) is 5.02 Å². The topological polar surface area (TPSA) is 57.7 Å². The number of hydrogen-bond donors (Lipinski definition) is 0. The van der Waals surface area contributed by atoms with E-state index in [1.807, 2.05) is 0 Å². The van der Waals surface area contributed by atoms with Crippen LogP contribution < -0.4 is 0 Å². The highest BCUT2D eigenvalue weighted by molar-refractivity contribution is 6.31. The largest absolute Gasteiger partial charge is 0.332 e. The quantitative estimate of drug-likeness (QED) is 0.785. The van der Waals surface area contributed by atoms with Gasteiger partial charge in [0.25, 0.3) is 0 Å². The average Bonchev–Trinajstić information content (AvgIpc) is 2.43. The van der Waals surface area contributed by atoms with Crippen LogP contribution in [0.5, 0.6) is 0 Å². The molecule has 5 nitrogen and oxygen atoms in total. The van der Waals surface area contributed by atoms with Gasteiger partial charge in [-0.2, -0.15) is 0 Å². The molecule has 1 aliphatic heterocycles. The molecule has 1 fully saturated rings. The molecule has 0 radical (unpaired) electrons. The van der Waals surface area contributed by atoms with Crippen molar-refractivity contribution in [2.45, 2.75) is 12.8 Å². The number of imide groups is 2. The van der Waals surface area contributed by atoms with E-state index in [-0.39, 0.29) is 0 Å². The second-order valence-corrected chi connectivity index (χ2v) is 5.27. The molecule has 2 rings (SSSR count). The van der Waals surface area contributed by atoms with Gasteiger partial charge in [-0.25, -0.2) is 4.79 Å². The SMILES string of the molecule is CC(c1ccccc1Cl)C1C(=O)N(C)C(=O)N(C)C1=O. The molecule has 1 aromatic carbocycles. The summed E-state index contributed by atoms with van der Waals surface area (Å²) >= 11 is 6.12. The third-order valence-electron chi connectivity index (χ3n) is 3.66. The number of rotatable bonds is 2. The van der Waals surface area contributed by atoms with Crippen LogP contribution >= 0.6 is 11.6 Å². The number of carbonyl (C=O) groups excluding carboxylic acids is 3. The van der Waals surface area contributed by atoms with E-state index < -0.39 is 29.7 Å². The van der Waals surface area contributed by atoms with E-state index in [9.17, 15) is 14.4 Å². The first-order valence-corrected chi connectivity index (χ1v) is 6.57. The van der Waals surface area contributed by atoms with Gasteiger partial charge >= 0.3 is 6.03 Å². The second kappa shape index (κ2) is 5.25. The molecule has 0 bridgehead atoms. The lowest BCUT2D eigenvalue weighted by Gasteiger charge is -2.35. The molecule has 6 heteroatoms. The van der Waals surface area contributed by atoms with Crippen molar-refractivity contribution in [3.8, 4) is 0 Å². The van der Waals surface area contributed by atoms with Crippen molar-refractivity contribution in [1.29, 1.82) is 0 Å². The van der Waals surface area contributed by atoms with Gasteiger partial charge in [0, 0.05) is 25.0 Å². The summed E-state index contributed by atoms with van der Waals surface area (Å²) in [5.41, 5.74) is 0.719. The van der Waals surface area contributed by atoms with Gasteiger partial charge in [0.2, 0.25) is 11.8 Å². The van der Waals surface area contributed by atoms with Gasteiger partial charge in [-0.1, -0.05) is 36.7 Å². The Morgan fingerprint density at radius 1 is 1.05 bits per heavy atom. The van der Waals surface area contributed by atoms with Gasteiger partial charge < -0.3 is 0 Å². The minimum absolute atomic E-state index is 0.401. The van der Waals surface area contributed by atoms with Crippen molar-refractivity contribution >= 4 is 29.4 Å². The number of urea groups is 1. The van der Waals surface area contributed by atoms with Crippen molar-refractivity contribution in [3.63, 3.8) is 0 Å². The minimum atomic E-state index is -0.928. The molecule has 1 saturated heterocycles. The van der Waals surface area contributed by atoms with Crippen LogP contribution in [0.1, 0.15) is 18.4 Å². The van der Waals surface area contributed by atoms with Crippen LogP contribution in [0.15, 0.2) is 24.3 Å². The maximum atomic E-state index is 12.2. The molecule has 1 aliphatic rings. The van der Waals surface area contributed by atoms with Crippen LogP contribution in [0.4, 0.5) is 4.79 Å². The van der Waals surface area contributed by atoms with Gasteiger partial charge in [-0.05, 0) is 11.6 Å². The summed E-state index contributed by atoms with van der Waals surface area (Å²) < 4.78 is 0. The van der Waals surface area contributed by atoms with Crippen molar-refractivity contribution in [1.82, 2.24) is 9.80 Å². The highest BCUT2D eigenvalue weighted by Crippen LogP contribution is 2.33. The molecule has 106 valence electrons. The zero-order valence-corrected chi connectivity index (χ0v) is 12.2. The number of barbiturate groups is 1. The molecule has 20 heavy (non-hydrogen) atoms. The van der Waals surface area contributed by atoms with E-state index in [4.69, 9.17) is 11.6 Å². The van der Waals surface area contributed by atoms with E-state index in [1.54, 1.807) is 31.2 Å². The van der Waals surface area contributed by atoms with Crippen LogP contribution in [0, 0.1) is 5.92 Å². The Morgan fingerprint density at radius 2 is 1.55 bits per heavy atom. The predicted octanol–water partition coefficient (Wildman–Crippen LogP) is 2.11. The van der Waals surface area contributed by atoms with E-state index in [1.165, 1.54) is 14.1 Å². The zero-order chi connectivity index (χ0) is 15.0. The normalized spacial score (nSPS) is 18.7. The van der Waals surface area contributed by atoms with E-state index >= 15 is 0 Å². The summed E-state index contributed by atoms with van der Waals surface area (Å²) in [4.78, 5) is 38.1. The molecule has 1 atom stereocenters. The first-order chi connectivity index (χ1) is 9.36. The summed E-state index contributed by atoms with van der Waals surface area (Å²) in [6, 6.07) is 6.47. The highest BCUT2D eigenvalue weighted by atomic mass is 35.5. The third-order valence-corrected chi connectivity index (χ3v) is 4.01. The van der Waals surface area contributed by atoms with Crippen LogP contribution in [0.3, 0.4) is 0 Å². The first-order valence-electron chi connectivity index (χ1n) is 6.19. The lowest BCUT2D eigenvalue weighted by molar-refractivity contribution is -0.148. The summed E-state index contributed by atoms with van der Waals surface area (Å²) in [6.07, 6.45) is 0. The fourth-order valence-corrected chi connectivity index (χ4v) is 2.70. The number of amides is 4. The smallest absolute Gasteiger partial charge is 0.273 e. The molecule has 0 saturated carbocycles. The van der Waals surface area contributed by atoms with Gasteiger partial charge in [-0.15, -0.1) is 0 Å². The van der Waals surface area contributed by atoms with Gasteiger partial charge in [0.05, 0.1) is 0 Å². The van der Waals surface area contributed by atoms with E-state index in [2.05, 4.69) is 0 Å². The molecule has 1 heterocycles. The molecular weight excluding hydrogens is 280 g/mol. The summed E-state index contributed by atoms with van der Waals surface area (Å²) in [6.45, 7) is 1.76. The van der Waals surface area contributed by atoms with Crippen LogP contribution in [0.2, 0.25) is 5.02 Å². The maximum Gasteiger partial charge on any atom is 0.332 e. The van der Waals surface area contributed by atoms with Crippen LogP contribution in [-0.2, 0) is 9.59 Å². The third kappa shape index (κ3) is 2.18. The first kappa shape index (κ1) is 14.5. The Balaban J connectivity index is 2.40. The Hall–Kier alpha value is -1.88. The van der Waals surface area contributed by atoms with Crippen molar-refractivity contribution in [3.05, 3.63) is 34.9 Å². The number of benzene rings is 1. The van der Waals surface area contributed by atoms with Crippen LogP contribution in [0.25, 0.3) is 0 Å². The molecule has 0 N–H and O–H groups in total. The van der Waals surface area contributed by atoms with Gasteiger partial charge in [-0.3, -0.25) is 19.4 Å². The molecular formula is C14H15ClN2O3. The monoisotopic (exact) mass is 294 g/mol. The van der Waals surface area contributed by atoms with Crippen LogP contribution in [-0.4, -0.2) is 41.7 Å². The predicted molar refractivity (Wildman–Crippen MR) is 74.3 cm³/mol. The Morgan fingerprint density at radius 3 is 2.05 bits per heavy atom. The van der Waals surface area contributed by atoms with Crippen molar-refractivity contribution in [2.75, 3.05) is 14.1 Å². The molecule has 0 spiro atoms. The van der Waals surface area contributed by atoms with Crippen molar-refractivity contribution < 1.29 is 14.4 Å². The summed E-state index contributed by atoms with van der Waals surface area (Å²) in [5.74, 6) is -2.32. The lowest BCUT2D eigenvalue weighted by Crippen LogP contribution is -2.58. The number of hydrogen-bond acceptors (Lipinski definition) is 3. The highest BCUT2D eigenvalue weighted by Gasteiger charge is 2.45. The second-order valence-electron chi connectivity index (χ2n) is 4.86. The minimum Gasteiger partial charge on any atom is -0.273 e.